The molecule has 10 heteroatoms. The predicted molar refractivity (Wildman–Crippen MR) is 80.5 cm³/mol. The zero-order chi connectivity index (χ0) is 18.0. The summed E-state index contributed by atoms with van der Waals surface area (Å²) >= 11 is 0. The van der Waals surface area contributed by atoms with Crippen LogP contribution in [-0.4, -0.2) is 46.6 Å². The summed E-state index contributed by atoms with van der Waals surface area (Å²) in [6.07, 6.45) is 2.44. The van der Waals surface area contributed by atoms with Crippen LogP contribution >= 0.6 is 0 Å². The van der Waals surface area contributed by atoms with E-state index in [-0.39, 0.29) is 12.1 Å². The SMILES string of the molecule is COCS(=O)(=O)[C@H](C)[C@](O)(Cn1cncn1)c1ccc(F)cc1F. The normalized spacial score (nSPS) is 15.9. The molecule has 7 nitrogen and oxygen atoms in total. The van der Waals surface area contributed by atoms with Gasteiger partial charge in [0.15, 0.2) is 9.84 Å². The van der Waals surface area contributed by atoms with Crippen LogP contribution in [0.1, 0.15) is 12.5 Å². The monoisotopic (exact) mass is 361 g/mol. The molecular formula is C14H17F2N3O4S. The number of hydrogen-bond donors (Lipinski definition) is 1. The number of benzene rings is 1. The lowest BCUT2D eigenvalue weighted by atomic mass is 9.90. The van der Waals surface area contributed by atoms with Crippen LogP contribution < -0.4 is 0 Å². The van der Waals surface area contributed by atoms with Crippen molar-refractivity contribution in [3.05, 3.63) is 48.1 Å². The third kappa shape index (κ3) is 3.60. The van der Waals surface area contributed by atoms with Gasteiger partial charge in [-0.15, -0.1) is 0 Å². The minimum Gasteiger partial charge on any atom is -0.382 e. The highest BCUT2D eigenvalue weighted by Crippen LogP contribution is 2.33. The molecule has 0 radical (unpaired) electrons. The maximum atomic E-state index is 14.2. The molecule has 0 aliphatic heterocycles. The zero-order valence-corrected chi connectivity index (χ0v) is 13.9. The van der Waals surface area contributed by atoms with E-state index >= 15 is 0 Å². The highest BCUT2D eigenvalue weighted by molar-refractivity contribution is 7.91. The van der Waals surface area contributed by atoms with Gasteiger partial charge in [0.05, 0.1) is 11.8 Å². The molecule has 1 aromatic carbocycles. The van der Waals surface area contributed by atoms with Gasteiger partial charge >= 0.3 is 0 Å². The first-order valence-corrected chi connectivity index (χ1v) is 8.63. The van der Waals surface area contributed by atoms with E-state index in [0.717, 1.165) is 12.1 Å². The molecule has 0 saturated carbocycles. The first kappa shape index (κ1) is 18.4. The van der Waals surface area contributed by atoms with Crippen LogP contribution in [-0.2, 0) is 26.7 Å². The van der Waals surface area contributed by atoms with E-state index in [2.05, 4.69) is 14.8 Å². The number of aliphatic hydroxyl groups is 1. The van der Waals surface area contributed by atoms with Crippen molar-refractivity contribution in [2.75, 3.05) is 13.0 Å². The number of halogens is 2. The molecule has 0 amide bonds. The van der Waals surface area contributed by atoms with Crippen LogP contribution in [0.25, 0.3) is 0 Å². The molecule has 0 fully saturated rings. The van der Waals surface area contributed by atoms with Gasteiger partial charge in [-0.25, -0.2) is 26.9 Å². The lowest BCUT2D eigenvalue weighted by Gasteiger charge is -2.34. The predicted octanol–water partition coefficient (Wildman–Crippen LogP) is 0.851. The first-order chi connectivity index (χ1) is 11.2. The fourth-order valence-corrected chi connectivity index (χ4v) is 3.73. The minimum atomic E-state index is -3.94. The lowest BCUT2D eigenvalue weighted by Crippen LogP contribution is -2.47. The van der Waals surface area contributed by atoms with Crippen LogP contribution in [0.5, 0.6) is 0 Å². The molecule has 0 spiro atoms. The van der Waals surface area contributed by atoms with Gasteiger partial charge in [0.25, 0.3) is 0 Å². The van der Waals surface area contributed by atoms with Gasteiger partial charge < -0.3 is 9.84 Å². The first-order valence-electron chi connectivity index (χ1n) is 6.91. The molecule has 0 saturated heterocycles. The number of aromatic nitrogens is 3. The second kappa shape index (κ2) is 6.91. The van der Waals surface area contributed by atoms with Gasteiger partial charge in [0.2, 0.25) is 0 Å². The molecule has 2 rings (SSSR count). The molecule has 0 unspecified atom stereocenters. The van der Waals surface area contributed by atoms with Crippen molar-refractivity contribution >= 4 is 9.84 Å². The Morgan fingerprint density at radius 2 is 2.12 bits per heavy atom. The van der Waals surface area contributed by atoms with E-state index in [4.69, 9.17) is 0 Å². The number of sulfone groups is 1. The van der Waals surface area contributed by atoms with Gasteiger partial charge in [0, 0.05) is 18.7 Å². The molecule has 1 N–H and O–H groups in total. The molecule has 2 atom stereocenters. The van der Waals surface area contributed by atoms with Crippen molar-refractivity contribution in [3.8, 4) is 0 Å². The summed E-state index contributed by atoms with van der Waals surface area (Å²) in [7, 11) is -2.75. The molecule has 0 aliphatic rings. The third-order valence-electron chi connectivity index (χ3n) is 3.76. The summed E-state index contributed by atoms with van der Waals surface area (Å²) in [5.74, 6) is -2.56. The van der Waals surface area contributed by atoms with E-state index < -0.39 is 38.3 Å². The van der Waals surface area contributed by atoms with Crippen molar-refractivity contribution in [2.45, 2.75) is 24.3 Å². The van der Waals surface area contributed by atoms with Gasteiger partial charge in [-0.3, -0.25) is 0 Å². The topological polar surface area (TPSA) is 94.3 Å². The summed E-state index contributed by atoms with van der Waals surface area (Å²) in [6.45, 7) is 0.841. The lowest BCUT2D eigenvalue weighted by molar-refractivity contribution is 0.0103. The van der Waals surface area contributed by atoms with Crippen LogP contribution in [0.15, 0.2) is 30.9 Å². The number of methoxy groups -OCH3 is 1. The van der Waals surface area contributed by atoms with Crippen LogP contribution in [0.2, 0.25) is 0 Å². The summed E-state index contributed by atoms with van der Waals surface area (Å²) in [5, 5.41) is 13.4. The Balaban J connectivity index is 2.56. The third-order valence-corrected chi connectivity index (χ3v) is 5.79. The molecule has 2 aromatic rings. The van der Waals surface area contributed by atoms with Gasteiger partial charge in [-0.1, -0.05) is 6.07 Å². The fourth-order valence-electron chi connectivity index (χ4n) is 2.40. The summed E-state index contributed by atoms with van der Waals surface area (Å²) < 4.78 is 57.9. The summed E-state index contributed by atoms with van der Waals surface area (Å²) in [4.78, 5) is 3.71. The zero-order valence-electron chi connectivity index (χ0n) is 13.1. The second-order valence-corrected chi connectivity index (χ2v) is 7.62. The maximum absolute atomic E-state index is 14.2. The van der Waals surface area contributed by atoms with E-state index in [9.17, 15) is 22.3 Å². The highest BCUT2D eigenvalue weighted by Gasteiger charge is 2.45. The van der Waals surface area contributed by atoms with Crippen LogP contribution in [0.4, 0.5) is 8.78 Å². The minimum absolute atomic E-state index is 0.355. The van der Waals surface area contributed by atoms with E-state index in [1.807, 2.05) is 0 Å². The molecule has 0 aliphatic carbocycles. The number of nitrogens with zero attached hydrogens (tertiary/aromatic N) is 3. The Morgan fingerprint density at radius 1 is 1.42 bits per heavy atom. The van der Waals surface area contributed by atoms with Crippen molar-refractivity contribution in [3.63, 3.8) is 0 Å². The van der Waals surface area contributed by atoms with E-state index in [0.29, 0.717) is 6.07 Å². The fraction of sp³-hybridized carbons (Fsp3) is 0.429. The maximum Gasteiger partial charge on any atom is 0.180 e. The van der Waals surface area contributed by atoms with Crippen LogP contribution in [0, 0.1) is 11.6 Å². The standard InChI is InChI=1S/C14H17F2N3O4S/c1-10(24(21,22)9-23-2)14(20,6-19-8-17-7-18-19)12-4-3-11(15)5-13(12)16/h3-5,7-8,10,20H,6,9H2,1-2H3/t10-,14-/m1/s1. The Labute approximate surface area is 137 Å². The average molecular weight is 361 g/mol. The molecule has 24 heavy (non-hydrogen) atoms. The molecule has 1 heterocycles. The second-order valence-electron chi connectivity index (χ2n) is 5.35. The highest BCUT2D eigenvalue weighted by atomic mass is 32.2. The smallest absolute Gasteiger partial charge is 0.180 e. The molecule has 1 aromatic heterocycles. The molecule has 0 bridgehead atoms. The quantitative estimate of drug-likeness (QED) is 0.786. The van der Waals surface area contributed by atoms with E-state index in [1.165, 1.54) is 31.4 Å². The Morgan fingerprint density at radius 3 is 2.67 bits per heavy atom. The molecule has 132 valence electrons. The van der Waals surface area contributed by atoms with Crippen LogP contribution in [0.3, 0.4) is 0 Å². The number of hydrogen-bond acceptors (Lipinski definition) is 6. The Bertz CT molecular complexity index is 798. The van der Waals surface area contributed by atoms with Gasteiger partial charge in [-0.05, 0) is 13.0 Å². The number of rotatable bonds is 7. The average Bonchev–Trinajstić information content (AvgIpc) is 2.98. The summed E-state index contributed by atoms with van der Waals surface area (Å²) in [6, 6.07) is 2.54. The van der Waals surface area contributed by atoms with E-state index in [1.54, 1.807) is 0 Å². The largest absolute Gasteiger partial charge is 0.382 e. The Hall–Kier alpha value is -1.91. The van der Waals surface area contributed by atoms with Crippen molar-refractivity contribution in [2.24, 2.45) is 0 Å². The van der Waals surface area contributed by atoms with Gasteiger partial charge in [-0.2, -0.15) is 5.10 Å². The summed E-state index contributed by atoms with van der Waals surface area (Å²) in [5.41, 5.74) is -2.56. The van der Waals surface area contributed by atoms with Gasteiger partial charge in [0.1, 0.15) is 35.8 Å². The van der Waals surface area contributed by atoms with Crippen molar-refractivity contribution in [1.29, 1.82) is 0 Å². The number of ether oxygens (including phenoxy) is 1. The van der Waals surface area contributed by atoms with Crippen molar-refractivity contribution < 1.29 is 27.0 Å². The molecular weight excluding hydrogens is 344 g/mol. The Kier molecular flexibility index (Phi) is 5.31. The van der Waals surface area contributed by atoms with Crippen molar-refractivity contribution in [1.82, 2.24) is 14.8 Å².